The van der Waals surface area contributed by atoms with Gasteiger partial charge in [0.25, 0.3) is 0 Å². The summed E-state index contributed by atoms with van der Waals surface area (Å²) in [4.78, 5) is 43.2. The van der Waals surface area contributed by atoms with Gasteiger partial charge in [-0.05, 0) is 45.7 Å². The highest BCUT2D eigenvalue weighted by Gasteiger charge is 2.37. The summed E-state index contributed by atoms with van der Waals surface area (Å²) >= 11 is 0. The molecule has 170 valence electrons. The van der Waals surface area contributed by atoms with Gasteiger partial charge in [-0.2, -0.15) is 0 Å². The van der Waals surface area contributed by atoms with Gasteiger partial charge in [-0.25, -0.2) is 0 Å². The monoisotopic (exact) mass is 429 g/mol. The summed E-state index contributed by atoms with van der Waals surface area (Å²) in [5, 5.41) is 0. The standard InChI is InChI=1S/C24H35N3O4/c1-18(2)27-17-20(16-23(27)29)24(30)26-12-5-11-25(13-14-26)22(28)6-4-15-31-21-9-7-19(3)8-10-21/h7-10,18,20H,4-6,11-17H2,1-3H3. The molecule has 0 aromatic heterocycles. The Balaban J connectivity index is 1.40. The van der Waals surface area contributed by atoms with Gasteiger partial charge >= 0.3 is 0 Å². The summed E-state index contributed by atoms with van der Waals surface area (Å²) < 4.78 is 5.71. The smallest absolute Gasteiger partial charge is 0.228 e. The molecule has 2 heterocycles. The van der Waals surface area contributed by atoms with Crippen LogP contribution in [0.3, 0.4) is 0 Å². The molecule has 1 atom stereocenters. The molecule has 7 nitrogen and oxygen atoms in total. The van der Waals surface area contributed by atoms with Gasteiger partial charge in [0, 0.05) is 51.6 Å². The second-order valence-electron chi connectivity index (χ2n) is 8.87. The minimum absolute atomic E-state index is 0.0531. The Kier molecular flexibility index (Phi) is 7.93. The Morgan fingerprint density at radius 3 is 2.42 bits per heavy atom. The first-order chi connectivity index (χ1) is 14.8. The van der Waals surface area contributed by atoms with E-state index in [4.69, 9.17) is 4.74 Å². The molecule has 3 rings (SSSR count). The van der Waals surface area contributed by atoms with Crippen molar-refractivity contribution in [1.82, 2.24) is 14.7 Å². The number of likely N-dealkylation sites (tertiary alicyclic amines) is 1. The van der Waals surface area contributed by atoms with E-state index in [1.807, 2.05) is 54.8 Å². The first kappa shape index (κ1) is 23.1. The van der Waals surface area contributed by atoms with Crippen molar-refractivity contribution in [3.63, 3.8) is 0 Å². The SMILES string of the molecule is Cc1ccc(OCCCC(=O)N2CCCN(C(=O)C3CC(=O)N(C(C)C)C3)CC2)cc1. The molecule has 0 aliphatic carbocycles. The van der Waals surface area contributed by atoms with Crippen molar-refractivity contribution < 1.29 is 19.1 Å². The number of hydrogen-bond donors (Lipinski definition) is 0. The van der Waals surface area contributed by atoms with E-state index in [0.29, 0.717) is 58.6 Å². The van der Waals surface area contributed by atoms with Gasteiger partial charge in [-0.15, -0.1) is 0 Å². The number of nitrogens with zero attached hydrogens (tertiary/aromatic N) is 3. The predicted molar refractivity (Wildman–Crippen MR) is 119 cm³/mol. The van der Waals surface area contributed by atoms with Crippen molar-refractivity contribution in [2.24, 2.45) is 5.92 Å². The molecule has 1 unspecified atom stereocenters. The van der Waals surface area contributed by atoms with Gasteiger partial charge in [0.1, 0.15) is 5.75 Å². The van der Waals surface area contributed by atoms with Crippen LogP contribution in [0.4, 0.5) is 0 Å². The third-order valence-electron chi connectivity index (χ3n) is 6.12. The fourth-order valence-corrected chi connectivity index (χ4v) is 4.25. The number of aryl methyl sites for hydroxylation is 1. The van der Waals surface area contributed by atoms with E-state index in [1.165, 1.54) is 5.56 Å². The second kappa shape index (κ2) is 10.6. The van der Waals surface area contributed by atoms with Crippen molar-refractivity contribution in [2.45, 2.75) is 52.5 Å². The predicted octanol–water partition coefficient (Wildman–Crippen LogP) is 2.47. The Morgan fingerprint density at radius 2 is 1.74 bits per heavy atom. The van der Waals surface area contributed by atoms with Crippen molar-refractivity contribution in [1.29, 1.82) is 0 Å². The Labute approximate surface area is 185 Å². The minimum Gasteiger partial charge on any atom is -0.494 e. The van der Waals surface area contributed by atoms with Crippen molar-refractivity contribution in [3.05, 3.63) is 29.8 Å². The lowest BCUT2D eigenvalue weighted by Crippen LogP contribution is -2.41. The molecule has 2 aliphatic heterocycles. The van der Waals surface area contributed by atoms with Crippen LogP contribution < -0.4 is 4.74 Å². The molecule has 31 heavy (non-hydrogen) atoms. The van der Waals surface area contributed by atoms with Crippen LogP contribution in [0.5, 0.6) is 5.75 Å². The van der Waals surface area contributed by atoms with Gasteiger partial charge in [0.05, 0.1) is 12.5 Å². The van der Waals surface area contributed by atoms with Gasteiger partial charge in [-0.3, -0.25) is 14.4 Å². The molecule has 2 fully saturated rings. The number of rotatable bonds is 7. The van der Waals surface area contributed by atoms with Crippen LogP contribution in [0.1, 0.15) is 45.1 Å². The summed E-state index contributed by atoms with van der Waals surface area (Å²) in [6.45, 7) is 9.41. The molecular formula is C24H35N3O4. The number of hydrogen-bond acceptors (Lipinski definition) is 4. The molecule has 7 heteroatoms. The molecule has 0 bridgehead atoms. The van der Waals surface area contributed by atoms with Crippen molar-refractivity contribution in [3.8, 4) is 5.75 Å². The summed E-state index contributed by atoms with van der Waals surface area (Å²) in [7, 11) is 0. The number of carbonyl (C=O) groups is 3. The van der Waals surface area contributed by atoms with Crippen molar-refractivity contribution in [2.75, 3.05) is 39.3 Å². The molecule has 0 radical (unpaired) electrons. The van der Waals surface area contributed by atoms with Gasteiger partial charge < -0.3 is 19.4 Å². The molecule has 1 aromatic rings. The highest BCUT2D eigenvalue weighted by molar-refractivity contribution is 5.89. The van der Waals surface area contributed by atoms with Crippen LogP contribution in [0.15, 0.2) is 24.3 Å². The summed E-state index contributed by atoms with van der Waals surface area (Å²) in [6, 6.07) is 8.02. The third kappa shape index (κ3) is 6.21. The van der Waals surface area contributed by atoms with E-state index >= 15 is 0 Å². The zero-order valence-electron chi connectivity index (χ0n) is 19.0. The van der Waals surface area contributed by atoms with Gasteiger partial charge in [-0.1, -0.05) is 17.7 Å². The third-order valence-corrected chi connectivity index (χ3v) is 6.12. The molecule has 2 saturated heterocycles. The lowest BCUT2D eigenvalue weighted by molar-refractivity contribution is -0.136. The van der Waals surface area contributed by atoms with Crippen LogP contribution in [0.25, 0.3) is 0 Å². The largest absolute Gasteiger partial charge is 0.494 e. The van der Waals surface area contributed by atoms with Crippen LogP contribution >= 0.6 is 0 Å². The summed E-state index contributed by atoms with van der Waals surface area (Å²) in [5.74, 6) is 0.799. The van der Waals surface area contributed by atoms with E-state index in [0.717, 1.165) is 12.2 Å². The first-order valence-electron chi connectivity index (χ1n) is 11.4. The lowest BCUT2D eigenvalue weighted by Gasteiger charge is -2.25. The minimum atomic E-state index is -0.254. The molecule has 0 saturated carbocycles. The first-order valence-corrected chi connectivity index (χ1v) is 11.4. The number of ether oxygens (including phenoxy) is 1. The van der Waals surface area contributed by atoms with Crippen LogP contribution in [0.2, 0.25) is 0 Å². The molecular weight excluding hydrogens is 394 g/mol. The average Bonchev–Trinajstić information content (AvgIpc) is 2.97. The molecule has 0 spiro atoms. The Bertz CT molecular complexity index is 778. The maximum atomic E-state index is 12.9. The topological polar surface area (TPSA) is 70.2 Å². The maximum Gasteiger partial charge on any atom is 0.228 e. The fourth-order valence-electron chi connectivity index (χ4n) is 4.25. The fraction of sp³-hybridized carbons (Fsp3) is 0.625. The highest BCUT2D eigenvalue weighted by atomic mass is 16.5. The zero-order valence-corrected chi connectivity index (χ0v) is 19.0. The Hall–Kier alpha value is -2.57. The van der Waals surface area contributed by atoms with Gasteiger partial charge in [0.2, 0.25) is 17.7 Å². The molecule has 1 aromatic carbocycles. The summed E-state index contributed by atoms with van der Waals surface area (Å²) in [5.41, 5.74) is 1.19. The quantitative estimate of drug-likeness (QED) is 0.625. The van der Waals surface area contributed by atoms with E-state index in [9.17, 15) is 14.4 Å². The number of carbonyl (C=O) groups excluding carboxylic acids is 3. The van der Waals surface area contributed by atoms with E-state index in [-0.39, 0.29) is 29.7 Å². The van der Waals surface area contributed by atoms with Crippen LogP contribution in [-0.4, -0.2) is 77.8 Å². The molecule has 3 amide bonds. The average molecular weight is 430 g/mol. The van der Waals surface area contributed by atoms with Crippen LogP contribution in [-0.2, 0) is 14.4 Å². The van der Waals surface area contributed by atoms with Crippen LogP contribution in [0, 0.1) is 12.8 Å². The number of amides is 3. The van der Waals surface area contributed by atoms with E-state index in [1.54, 1.807) is 4.90 Å². The molecule has 0 N–H and O–H groups in total. The molecule has 2 aliphatic rings. The Morgan fingerprint density at radius 1 is 1.06 bits per heavy atom. The number of benzene rings is 1. The van der Waals surface area contributed by atoms with Crippen molar-refractivity contribution >= 4 is 17.7 Å². The zero-order chi connectivity index (χ0) is 22.4. The highest BCUT2D eigenvalue weighted by Crippen LogP contribution is 2.23. The maximum absolute atomic E-state index is 12.9. The van der Waals surface area contributed by atoms with E-state index < -0.39 is 0 Å². The summed E-state index contributed by atoms with van der Waals surface area (Å²) in [6.07, 6.45) is 2.18. The lowest BCUT2D eigenvalue weighted by atomic mass is 10.1. The van der Waals surface area contributed by atoms with E-state index in [2.05, 4.69) is 0 Å². The second-order valence-corrected chi connectivity index (χ2v) is 8.87. The van der Waals surface area contributed by atoms with Gasteiger partial charge in [0.15, 0.2) is 0 Å². The normalized spacial score (nSPS) is 19.7.